The van der Waals surface area contributed by atoms with Crippen LogP contribution in [0.2, 0.25) is 0 Å². The highest BCUT2D eigenvalue weighted by molar-refractivity contribution is 5.89. The Balaban J connectivity index is 1.32. The summed E-state index contributed by atoms with van der Waals surface area (Å²) in [5, 5.41) is 20.7. The van der Waals surface area contributed by atoms with E-state index in [1.807, 2.05) is 28.8 Å². The lowest BCUT2D eigenvalue weighted by Crippen LogP contribution is -2.35. The summed E-state index contributed by atoms with van der Waals surface area (Å²) in [5.74, 6) is 0.991. The monoisotopic (exact) mass is 461 g/mol. The third kappa shape index (κ3) is 4.46. The van der Waals surface area contributed by atoms with Crippen molar-refractivity contribution in [3.8, 4) is 11.5 Å². The number of carboxylic acids is 1. The molecule has 2 aromatic carbocycles. The van der Waals surface area contributed by atoms with Gasteiger partial charge in [-0.3, -0.25) is 4.79 Å². The Morgan fingerprint density at radius 3 is 2.94 bits per heavy atom. The van der Waals surface area contributed by atoms with E-state index < -0.39 is 5.97 Å². The number of imidazole rings is 1. The first-order valence-electron chi connectivity index (χ1n) is 11.6. The molecule has 0 bridgehead atoms. The van der Waals surface area contributed by atoms with E-state index in [0.29, 0.717) is 19.6 Å². The second-order valence-electron chi connectivity index (χ2n) is 8.62. The molecule has 0 radical (unpaired) electrons. The van der Waals surface area contributed by atoms with Gasteiger partial charge >= 0.3 is 5.97 Å². The van der Waals surface area contributed by atoms with Crippen molar-refractivity contribution >= 4 is 33.7 Å². The quantitative estimate of drug-likeness (QED) is 0.360. The number of phenols is 1. The van der Waals surface area contributed by atoms with Gasteiger partial charge in [0, 0.05) is 24.9 Å². The number of hydrogen-bond donors (Lipinski definition) is 2. The molecule has 0 spiro atoms. The Morgan fingerprint density at radius 2 is 2.06 bits per heavy atom. The Bertz CT molecular complexity index is 1320. The number of unbranched alkanes of at least 4 members (excludes halogenated alkanes) is 1. The topological polar surface area (TPSA) is 114 Å². The minimum Gasteiger partial charge on any atom is -0.508 e. The molecule has 0 amide bonds. The van der Waals surface area contributed by atoms with Gasteiger partial charge in [-0.05, 0) is 49.3 Å². The number of nitrogens with zero attached hydrogens (tertiary/aromatic N) is 5. The van der Waals surface area contributed by atoms with Gasteiger partial charge in [0.25, 0.3) is 0 Å². The first-order chi connectivity index (χ1) is 16.6. The molecule has 2 N–H and O–H groups in total. The van der Waals surface area contributed by atoms with Gasteiger partial charge in [0.1, 0.15) is 24.4 Å². The van der Waals surface area contributed by atoms with Gasteiger partial charge in [-0.25, -0.2) is 15.0 Å². The lowest BCUT2D eigenvalue weighted by atomic mass is 10.1. The van der Waals surface area contributed by atoms with E-state index >= 15 is 0 Å². The molecular weight excluding hydrogens is 434 g/mol. The van der Waals surface area contributed by atoms with Crippen LogP contribution in [-0.4, -0.2) is 54.9 Å². The van der Waals surface area contributed by atoms with E-state index in [9.17, 15) is 9.90 Å². The molecule has 4 aromatic rings. The molecule has 1 fully saturated rings. The zero-order chi connectivity index (χ0) is 23.5. The molecule has 176 valence electrons. The van der Waals surface area contributed by atoms with Crippen molar-refractivity contribution in [1.82, 2.24) is 19.5 Å². The fourth-order valence-electron chi connectivity index (χ4n) is 4.63. The second kappa shape index (κ2) is 9.54. The molecular formula is C25H27N5O4. The molecule has 9 heteroatoms. The predicted octanol–water partition coefficient (Wildman–Crippen LogP) is 3.99. The summed E-state index contributed by atoms with van der Waals surface area (Å²) in [6.45, 7) is 2.03. The van der Waals surface area contributed by atoms with Gasteiger partial charge in [-0.1, -0.05) is 18.2 Å². The number of rotatable bonds is 9. The van der Waals surface area contributed by atoms with Gasteiger partial charge in [0.2, 0.25) is 0 Å². The minimum atomic E-state index is -0.775. The number of ether oxygens (including phenoxy) is 1. The summed E-state index contributed by atoms with van der Waals surface area (Å²) in [7, 11) is 0. The van der Waals surface area contributed by atoms with E-state index in [1.54, 1.807) is 24.8 Å². The summed E-state index contributed by atoms with van der Waals surface area (Å²) < 4.78 is 8.21. The minimum absolute atomic E-state index is 0.145. The fraction of sp³-hybridized carbons (Fsp3) is 0.360. The van der Waals surface area contributed by atoms with Crippen molar-refractivity contribution in [2.75, 3.05) is 18.1 Å². The van der Waals surface area contributed by atoms with Crippen LogP contribution in [-0.2, 0) is 11.3 Å². The first-order valence-corrected chi connectivity index (χ1v) is 11.6. The number of aromatic hydroxyl groups is 1. The molecule has 2 aromatic heterocycles. The highest BCUT2D eigenvalue weighted by Crippen LogP contribution is 2.32. The highest BCUT2D eigenvalue weighted by Gasteiger charge is 2.29. The van der Waals surface area contributed by atoms with Crippen LogP contribution < -0.4 is 9.64 Å². The molecule has 1 saturated heterocycles. The van der Waals surface area contributed by atoms with Crippen LogP contribution in [0.15, 0.2) is 49.1 Å². The van der Waals surface area contributed by atoms with Crippen molar-refractivity contribution in [3.05, 3.63) is 49.1 Å². The van der Waals surface area contributed by atoms with Crippen LogP contribution in [0.3, 0.4) is 0 Å². The molecule has 5 rings (SSSR count). The SMILES string of the molecule is O=C(O)CCCCn1cnc2c(N3CCC[C@@H]3COc3cccc4ccc(O)cc34)ncnc21. The summed E-state index contributed by atoms with van der Waals surface area (Å²) in [6, 6.07) is 11.3. The van der Waals surface area contributed by atoms with Crippen LogP contribution in [0.4, 0.5) is 5.82 Å². The third-order valence-electron chi connectivity index (χ3n) is 6.33. The average Bonchev–Trinajstić information content (AvgIpc) is 3.47. The van der Waals surface area contributed by atoms with E-state index in [4.69, 9.17) is 9.84 Å². The number of aromatic nitrogens is 4. The number of hydrogen-bond acceptors (Lipinski definition) is 7. The van der Waals surface area contributed by atoms with E-state index in [1.165, 1.54) is 0 Å². The Hall–Kier alpha value is -3.88. The van der Waals surface area contributed by atoms with Crippen molar-refractivity contribution in [2.24, 2.45) is 0 Å². The Morgan fingerprint density at radius 1 is 1.15 bits per heavy atom. The summed E-state index contributed by atoms with van der Waals surface area (Å²) in [4.78, 5) is 26.6. The number of aryl methyl sites for hydroxylation is 1. The van der Waals surface area contributed by atoms with E-state index in [2.05, 4.69) is 19.9 Å². The maximum Gasteiger partial charge on any atom is 0.303 e. The van der Waals surface area contributed by atoms with Crippen molar-refractivity contribution < 1.29 is 19.7 Å². The molecule has 0 unspecified atom stereocenters. The second-order valence-corrected chi connectivity index (χ2v) is 8.62. The van der Waals surface area contributed by atoms with E-state index in [0.717, 1.165) is 59.3 Å². The summed E-state index contributed by atoms with van der Waals surface area (Å²) in [6.07, 6.45) is 6.87. The smallest absolute Gasteiger partial charge is 0.303 e. The standard InChI is InChI=1S/C25H27N5O4/c31-19-10-9-17-5-3-7-21(20(17)13-19)34-14-18-6-4-12-30(18)25-23-24(26-15-27-25)29(16-28-23)11-2-1-8-22(32)33/h3,5,7,9-10,13,15-16,18,31H,1-2,4,6,8,11-12,14H2,(H,32,33)/t18-/m1/s1. The summed E-state index contributed by atoms with van der Waals surface area (Å²) >= 11 is 0. The van der Waals surface area contributed by atoms with Gasteiger partial charge < -0.3 is 24.4 Å². The largest absolute Gasteiger partial charge is 0.508 e. The van der Waals surface area contributed by atoms with Crippen molar-refractivity contribution in [1.29, 1.82) is 0 Å². The Kier molecular flexibility index (Phi) is 6.16. The number of anilines is 1. The van der Waals surface area contributed by atoms with Crippen LogP contribution in [0, 0.1) is 0 Å². The number of fused-ring (bicyclic) bond motifs is 2. The molecule has 1 aliphatic heterocycles. The van der Waals surface area contributed by atoms with Gasteiger partial charge in [-0.2, -0.15) is 0 Å². The van der Waals surface area contributed by atoms with Crippen molar-refractivity contribution in [2.45, 2.75) is 44.7 Å². The van der Waals surface area contributed by atoms with Gasteiger partial charge in [0.15, 0.2) is 17.0 Å². The van der Waals surface area contributed by atoms with Crippen LogP contribution in [0.1, 0.15) is 32.1 Å². The summed E-state index contributed by atoms with van der Waals surface area (Å²) in [5.41, 5.74) is 1.51. The molecule has 9 nitrogen and oxygen atoms in total. The van der Waals surface area contributed by atoms with Crippen LogP contribution in [0.25, 0.3) is 21.9 Å². The van der Waals surface area contributed by atoms with Crippen LogP contribution in [0.5, 0.6) is 11.5 Å². The predicted molar refractivity (Wildman–Crippen MR) is 128 cm³/mol. The zero-order valence-corrected chi connectivity index (χ0v) is 18.8. The zero-order valence-electron chi connectivity index (χ0n) is 18.8. The average molecular weight is 462 g/mol. The normalized spacial score (nSPS) is 15.9. The van der Waals surface area contributed by atoms with E-state index in [-0.39, 0.29) is 18.2 Å². The first kappa shape index (κ1) is 21.9. The maximum absolute atomic E-state index is 10.8. The molecule has 34 heavy (non-hydrogen) atoms. The number of phenolic OH excluding ortho intramolecular Hbond substituents is 1. The molecule has 3 heterocycles. The number of carboxylic acid groups (broad SMARTS) is 1. The fourth-order valence-corrected chi connectivity index (χ4v) is 4.63. The maximum atomic E-state index is 10.8. The van der Waals surface area contributed by atoms with Crippen molar-refractivity contribution in [3.63, 3.8) is 0 Å². The number of benzene rings is 2. The lowest BCUT2D eigenvalue weighted by Gasteiger charge is -2.26. The molecule has 0 aliphatic carbocycles. The Labute approximate surface area is 196 Å². The number of carbonyl (C=O) groups is 1. The van der Waals surface area contributed by atoms with Crippen LogP contribution >= 0.6 is 0 Å². The lowest BCUT2D eigenvalue weighted by molar-refractivity contribution is -0.137. The molecule has 1 aliphatic rings. The third-order valence-corrected chi connectivity index (χ3v) is 6.33. The molecule has 0 saturated carbocycles. The number of aliphatic carboxylic acids is 1. The molecule has 1 atom stereocenters. The van der Waals surface area contributed by atoms with Gasteiger partial charge in [0.05, 0.1) is 12.4 Å². The van der Waals surface area contributed by atoms with Gasteiger partial charge in [-0.15, -0.1) is 0 Å². The highest BCUT2D eigenvalue weighted by atomic mass is 16.5.